The number of nitro benzene ring substituents is 1. The SMILES string of the molecule is CCc1ccc(CN2CCc3nc(-c4ccc(N)cc4)[nH]c(=O)c3C2)cc1[N+](=O)[O-]. The second-order valence-corrected chi connectivity index (χ2v) is 7.50. The van der Waals surface area contributed by atoms with Crippen LogP contribution in [0, 0.1) is 10.1 Å². The highest BCUT2D eigenvalue weighted by atomic mass is 16.6. The fourth-order valence-corrected chi connectivity index (χ4v) is 3.83. The predicted molar refractivity (Wildman–Crippen MR) is 115 cm³/mol. The number of aryl methyl sites for hydroxylation is 1. The zero-order chi connectivity index (χ0) is 21.3. The first kappa shape index (κ1) is 19.8. The molecule has 8 nitrogen and oxygen atoms in total. The van der Waals surface area contributed by atoms with Crippen molar-refractivity contribution in [3.8, 4) is 11.4 Å². The standard InChI is InChI=1S/C22H23N5O3/c1-2-15-4-3-14(11-20(15)27(29)30)12-26-10-9-19-18(13-26)22(28)25-21(24-19)16-5-7-17(23)8-6-16/h3-8,11H,2,9-10,12-13,23H2,1H3,(H,24,25,28). The molecule has 1 aliphatic rings. The van der Waals surface area contributed by atoms with Gasteiger partial charge in [0.25, 0.3) is 11.2 Å². The van der Waals surface area contributed by atoms with Crippen LogP contribution in [0.25, 0.3) is 11.4 Å². The Morgan fingerprint density at radius 3 is 2.70 bits per heavy atom. The molecule has 2 aromatic carbocycles. The first-order valence-corrected chi connectivity index (χ1v) is 9.91. The van der Waals surface area contributed by atoms with Crippen LogP contribution in [-0.2, 0) is 25.9 Å². The summed E-state index contributed by atoms with van der Waals surface area (Å²) >= 11 is 0. The molecular formula is C22H23N5O3. The number of aromatic amines is 1. The Bertz CT molecular complexity index is 1150. The van der Waals surface area contributed by atoms with Gasteiger partial charge in [-0.2, -0.15) is 0 Å². The molecule has 0 amide bonds. The van der Waals surface area contributed by atoms with Crippen LogP contribution >= 0.6 is 0 Å². The molecule has 1 aliphatic heterocycles. The number of nitrogens with two attached hydrogens (primary N) is 1. The Balaban J connectivity index is 1.56. The van der Waals surface area contributed by atoms with Crippen molar-refractivity contribution in [3.05, 3.63) is 85.3 Å². The number of benzene rings is 2. The molecule has 8 heteroatoms. The van der Waals surface area contributed by atoms with Crippen molar-refractivity contribution >= 4 is 11.4 Å². The van der Waals surface area contributed by atoms with Gasteiger partial charge < -0.3 is 10.7 Å². The largest absolute Gasteiger partial charge is 0.399 e. The van der Waals surface area contributed by atoms with Crippen LogP contribution in [0.15, 0.2) is 47.3 Å². The van der Waals surface area contributed by atoms with Gasteiger partial charge in [0.05, 0.1) is 16.2 Å². The normalized spacial score (nSPS) is 13.8. The highest BCUT2D eigenvalue weighted by molar-refractivity contribution is 5.58. The van der Waals surface area contributed by atoms with Gasteiger partial charge in [0.1, 0.15) is 5.82 Å². The van der Waals surface area contributed by atoms with E-state index in [9.17, 15) is 14.9 Å². The van der Waals surface area contributed by atoms with E-state index in [1.165, 1.54) is 0 Å². The van der Waals surface area contributed by atoms with Gasteiger partial charge in [0.15, 0.2) is 0 Å². The molecular weight excluding hydrogens is 382 g/mol. The van der Waals surface area contributed by atoms with Crippen molar-refractivity contribution in [2.45, 2.75) is 32.9 Å². The molecule has 0 saturated heterocycles. The predicted octanol–water partition coefficient (Wildman–Crippen LogP) is 3.05. The number of anilines is 1. The van der Waals surface area contributed by atoms with Gasteiger partial charge in [-0.3, -0.25) is 19.8 Å². The van der Waals surface area contributed by atoms with E-state index in [4.69, 9.17) is 5.73 Å². The van der Waals surface area contributed by atoms with Gasteiger partial charge in [0.2, 0.25) is 0 Å². The number of hydrogen-bond donors (Lipinski definition) is 2. The Labute approximate surface area is 173 Å². The van der Waals surface area contributed by atoms with Crippen LogP contribution in [0.5, 0.6) is 0 Å². The molecule has 0 bridgehead atoms. The number of nitrogens with one attached hydrogen (secondary N) is 1. The number of hydrogen-bond acceptors (Lipinski definition) is 6. The summed E-state index contributed by atoms with van der Waals surface area (Å²) in [5.74, 6) is 0.540. The maximum Gasteiger partial charge on any atom is 0.272 e. The number of H-pyrrole nitrogens is 1. The Morgan fingerprint density at radius 1 is 1.23 bits per heavy atom. The lowest BCUT2D eigenvalue weighted by Crippen LogP contribution is -2.35. The second kappa shape index (κ2) is 8.08. The van der Waals surface area contributed by atoms with Crippen LogP contribution in [0.2, 0.25) is 0 Å². The number of rotatable bonds is 5. The maximum absolute atomic E-state index is 12.7. The van der Waals surface area contributed by atoms with E-state index in [2.05, 4.69) is 14.9 Å². The van der Waals surface area contributed by atoms with Crippen LogP contribution in [0.4, 0.5) is 11.4 Å². The minimum atomic E-state index is -0.332. The van der Waals surface area contributed by atoms with Gasteiger partial charge >= 0.3 is 0 Å². The minimum Gasteiger partial charge on any atom is -0.399 e. The second-order valence-electron chi connectivity index (χ2n) is 7.50. The van der Waals surface area contributed by atoms with E-state index in [1.807, 2.05) is 31.2 Å². The summed E-state index contributed by atoms with van der Waals surface area (Å²) in [6.45, 7) is 3.64. The molecule has 2 heterocycles. The van der Waals surface area contributed by atoms with Crippen molar-refractivity contribution in [1.82, 2.24) is 14.9 Å². The Hall–Kier alpha value is -3.52. The molecule has 0 radical (unpaired) electrons. The zero-order valence-corrected chi connectivity index (χ0v) is 16.7. The molecule has 3 N–H and O–H groups in total. The molecule has 4 rings (SSSR count). The summed E-state index contributed by atoms with van der Waals surface area (Å²) in [6, 6.07) is 12.6. The summed E-state index contributed by atoms with van der Waals surface area (Å²) in [7, 11) is 0. The number of aromatic nitrogens is 2. The van der Waals surface area contributed by atoms with E-state index in [-0.39, 0.29) is 16.2 Å². The number of nitrogens with zero attached hydrogens (tertiary/aromatic N) is 3. The Kier molecular flexibility index (Phi) is 5.33. The first-order chi connectivity index (χ1) is 14.4. The van der Waals surface area contributed by atoms with Gasteiger partial charge in [0, 0.05) is 48.9 Å². The van der Waals surface area contributed by atoms with E-state index < -0.39 is 0 Å². The average molecular weight is 405 g/mol. The lowest BCUT2D eigenvalue weighted by Gasteiger charge is -2.27. The smallest absolute Gasteiger partial charge is 0.272 e. The fraction of sp³-hybridized carbons (Fsp3) is 0.273. The molecule has 0 saturated carbocycles. The van der Waals surface area contributed by atoms with Gasteiger partial charge in [-0.1, -0.05) is 19.1 Å². The summed E-state index contributed by atoms with van der Waals surface area (Å²) in [5, 5.41) is 11.3. The van der Waals surface area contributed by atoms with E-state index >= 15 is 0 Å². The lowest BCUT2D eigenvalue weighted by atomic mass is 10.0. The molecule has 3 aromatic rings. The van der Waals surface area contributed by atoms with Gasteiger partial charge in [-0.25, -0.2) is 4.98 Å². The molecule has 1 aromatic heterocycles. The third kappa shape index (κ3) is 3.95. The van der Waals surface area contributed by atoms with E-state index in [0.717, 1.165) is 28.9 Å². The monoisotopic (exact) mass is 405 g/mol. The summed E-state index contributed by atoms with van der Waals surface area (Å²) in [5.41, 5.74) is 10.2. The zero-order valence-electron chi connectivity index (χ0n) is 16.7. The van der Waals surface area contributed by atoms with E-state index in [0.29, 0.717) is 43.0 Å². The van der Waals surface area contributed by atoms with Crippen molar-refractivity contribution in [3.63, 3.8) is 0 Å². The van der Waals surface area contributed by atoms with Crippen molar-refractivity contribution in [2.75, 3.05) is 12.3 Å². The Morgan fingerprint density at radius 2 is 2.00 bits per heavy atom. The number of nitrogen functional groups attached to an aromatic ring is 1. The minimum absolute atomic E-state index is 0.149. The van der Waals surface area contributed by atoms with E-state index in [1.54, 1.807) is 18.2 Å². The van der Waals surface area contributed by atoms with Crippen LogP contribution in [0.3, 0.4) is 0 Å². The van der Waals surface area contributed by atoms with Crippen LogP contribution in [0.1, 0.15) is 29.3 Å². The first-order valence-electron chi connectivity index (χ1n) is 9.91. The van der Waals surface area contributed by atoms with Gasteiger partial charge in [-0.05, 0) is 36.2 Å². The van der Waals surface area contributed by atoms with Crippen molar-refractivity contribution in [1.29, 1.82) is 0 Å². The molecule has 0 atom stereocenters. The van der Waals surface area contributed by atoms with Crippen LogP contribution < -0.4 is 11.3 Å². The third-order valence-corrected chi connectivity index (χ3v) is 5.47. The van der Waals surface area contributed by atoms with Crippen molar-refractivity contribution in [2.24, 2.45) is 0 Å². The fourth-order valence-electron chi connectivity index (χ4n) is 3.83. The van der Waals surface area contributed by atoms with Gasteiger partial charge in [-0.15, -0.1) is 0 Å². The molecule has 0 spiro atoms. The molecule has 0 aliphatic carbocycles. The third-order valence-electron chi connectivity index (χ3n) is 5.47. The number of nitro groups is 1. The highest BCUT2D eigenvalue weighted by Gasteiger charge is 2.22. The topological polar surface area (TPSA) is 118 Å². The summed E-state index contributed by atoms with van der Waals surface area (Å²) < 4.78 is 0. The highest BCUT2D eigenvalue weighted by Crippen LogP contribution is 2.24. The molecule has 154 valence electrons. The average Bonchev–Trinajstić information content (AvgIpc) is 2.74. The van der Waals surface area contributed by atoms with Crippen molar-refractivity contribution < 1.29 is 4.92 Å². The molecule has 30 heavy (non-hydrogen) atoms. The summed E-state index contributed by atoms with van der Waals surface area (Å²) in [4.78, 5) is 33.4. The maximum atomic E-state index is 12.7. The summed E-state index contributed by atoms with van der Waals surface area (Å²) in [6.07, 6.45) is 1.27. The number of fused-ring (bicyclic) bond motifs is 1. The molecule has 0 unspecified atom stereocenters. The van der Waals surface area contributed by atoms with Crippen LogP contribution in [-0.4, -0.2) is 26.3 Å². The molecule has 0 fully saturated rings. The lowest BCUT2D eigenvalue weighted by molar-refractivity contribution is -0.385. The quantitative estimate of drug-likeness (QED) is 0.383.